The maximum absolute atomic E-state index is 11.7. The van der Waals surface area contributed by atoms with Crippen LogP contribution in [-0.2, 0) is 9.53 Å². The van der Waals surface area contributed by atoms with Gasteiger partial charge in [0.25, 0.3) is 0 Å². The minimum Gasteiger partial charge on any atom is -0.391 e. The van der Waals surface area contributed by atoms with Gasteiger partial charge in [-0.1, -0.05) is 12.8 Å². The van der Waals surface area contributed by atoms with Crippen molar-refractivity contribution < 1.29 is 27.8 Å². The van der Waals surface area contributed by atoms with Crippen LogP contribution in [0.15, 0.2) is 0 Å². The van der Waals surface area contributed by atoms with E-state index in [0.717, 1.165) is 12.8 Å². The van der Waals surface area contributed by atoms with Gasteiger partial charge in [-0.25, -0.2) is 0 Å². The third kappa shape index (κ3) is 6.20. The lowest BCUT2D eigenvalue weighted by atomic mass is 9.92. The normalized spacial score (nSPS) is 24.9. The first kappa shape index (κ1) is 15.2. The number of carbonyl (C=O) groups excluding carboxylic acids is 1. The molecule has 106 valence electrons. The Kier molecular flexibility index (Phi) is 5.87. The van der Waals surface area contributed by atoms with Crippen LogP contribution in [0.1, 0.15) is 32.1 Å². The summed E-state index contributed by atoms with van der Waals surface area (Å²) in [7, 11) is 0. The summed E-state index contributed by atoms with van der Waals surface area (Å²) in [5, 5.41) is 12.2. The van der Waals surface area contributed by atoms with Crippen molar-refractivity contribution in [3.8, 4) is 0 Å². The Morgan fingerprint density at radius 3 is 2.61 bits per heavy atom. The number of aliphatic hydroxyl groups is 1. The first-order chi connectivity index (χ1) is 8.38. The Hall–Kier alpha value is -0.820. The van der Waals surface area contributed by atoms with Crippen molar-refractivity contribution >= 4 is 5.91 Å². The zero-order chi connectivity index (χ0) is 13.6. The van der Waals surface area contributed by atoms with Gasteiger partial charge in [-0.3, -0.25) is 4.79 Å². The van der Waals surface area contributed by atoms with Crippen molar-refractivity contribution in [2.75, 3.05) is 13.2 Å². The van der Waals surface area contributed by atoms with Gasteiger partial charge < -0.3 is 15.2 Å². The Morgan fingerprint density at radius 1 is 1.33 bits per heavy atom. The third-order valence-corrected chi connectivity index (χ3v) is 2.82. The molecule has 0 aromatic carbocycles. The second-order valence-corrected chi connectivity index (χ2v) is 4.44. The largest absolute Gasteiger partial charge is 0.411 e. The lowest BCUT2D eigenvalue weighted by molar-refractivity contribution is -0.174. The van der Waals surface area contributed by atoms with Gasteiger partial charge in [0.05, 0.1) is 18.8 Å². The van der Waals surface area contributed by atoms with E-state index in [0.29, 0.717) is 12.8 Å². The van der Waals surface area contributed by atoms with Crippen LogP contribution < -0.4 is 5.32 Å². The quantitative estimate of drug-likeness (QED) is 0.741. The number of ether oxygens (including phenoxy) is 1. The van der Waals surface area contributed by atoms with Crippen LogP contribution in [0.3, 0.4) is 0 Å². The summed E-state index contributed by atoms with van der Waals surface area (Å²) < 4.78 is 39.6. The van der Waals surface area contributed by atoms with E-state index in [9.17, 15) is 23.1 Å². The summed E-state index contributed by atoms with van der Waals surface area (Å²) in [5.74, 6) is -0.386. The van der Waals surface area contributed by atoms with Crippen LogP contribution in [-0.4, -0.2) is 42.5 Å². The van der Waals surface area contributed by atoms with Crippen molar-refractivity contribution in [3.63, 3.8) is 0 Å². The van der Waals surface area contributed by atoms with Crippen molar-refractivity contribution in [1.29, 1.82) is 0 Å². The molecule has 2 N–H and O–H groups in total. The van der Waals surface area contributed by atoms with Crippen molar-refractivity contribution in [2.45, 2.75) is 50.4 Å². The predicted octanol–water partition coefficient (Wildman–Crippen LogP) is 1.38. The highest BCUT2D eigenvalue weighted by Crippen LogP contribution is 2.18. The molecular weight excluding hydrogens is 251 g/mol. The average molecular weight is 269 g/mol. The molecule has 0 bridgehead atoms. The number of carbonyl (C=O) groups is 1. The summed E-state index contributed by atoms with van der Waals surface area (Å²) >= 11 is 0. The smallest absolute Gasteiger partial charge is 0.391 e. The molecule has 0 saturated heterocycles. The molecule has 2 atom stereocenters. The Labute approximate surface area is 103 Å². The first-order valence-electron chi connectivity index (χ1n) is 6.00. The van der Waals surface area contributed by atoms with Gasteiger partial charge in [0.1, 0.15) is 6.61 Å². The zero-order valence-corrected chi connectivity index (χ0v) is 10.0. The lowest BCUT2D eigenvalue weighted by Crippen LogP contribution is -2.45. The van der Waals surface area contributed by atoms with Gasteiger partial charge in [-0.2, -0.15) is 13.2 Å². The molecule has 0 aromatic rings. The molecule has 1 saturated carbocycles. The molecule has 1 aliphatic carbocycles. The fourth-order valence-electron chi connectivity index (χ4n) is 1.91. The molecule has 18 heavy (non-hydrogen) atoms. The minimum atomic E-state index is -4.37. The SMILES string of the molecule is O=C(CCOCC(F)(F)F)N[C@@H]1CCCC[C@H]1O. The number of alkyl halides is 3. The van der Waals surface area contributed by atoms with E-state index < -0.39 is 18.9 Å². The highest BCUT2D eigenvalue weighted by Gasteiger charge is 2.28. The molecule has 1 aliphatic rings. The maximum Gasteiger partial charge on any atom is 0.411 e. The topological polar surface area (TPSA) is 58.6 Å². The van der Waals surface area contributed by atoms with Gasteiger partial charge in [0, 0.05) is 6.42 Å². The van der Waals surface area contributed by atoms with Crippen LogP contribution >= 0.6 is 0 Å². The lowest BCUT2D eigenvalue weighted by Gasteiger charge is -2.28. The molecule has 1 rings (SSSR count). The van der Waals surface area contributed by atoms with Crippen LogP contribution in [0, 0.1) is 0 Å². The second kappa shape index (κ2) is 6.94. The fraction of sp³-hybridized carbons (Fsp3) is 0.909. The summed E-state index contributed by atoms with van der Waals surface area (Å²) in [6.07, 6.45) is -1.82. The highest BCUT2D eigenvalue weighted by atomic mass is 19.4. The van der Waals surface area contributed by atoms with E-state index in [2.05, 4.69) is 10.1 Å². The van der Waals surface area contributed by atoms with E-state index in [1.807, 2.05) is 0 Å². The maximum atomic E-state index is 11.7. The summed E-state index contributed by atoms with van der Waals surface area (Å²) in [4.78, 5) is 11.4. The van der Waals surface area contributed by atoms with Gasteiger partial charge in [-0.15, -0.1) is 0 Å². The van der Waals surface area contributed by atoms with Crippen molar-refractivity contribution in [1.82, 2.24) is 5.32 Å². The molecule has 1 fully saturated rings. The molecule has 0 aromatic heterocycles. The summed E-state index contributed by atoms with van der Waals surface area (Å²) in [5.41, 5.74) is 0. The Morgan fingerprint density at radius 2 is 2.00 bits per heavy atom. The number of hydrogen-bond donors (Lipinski definition) is 2. The van der Waals surface area contributed by atoms with Gasteiger partial charge in [0.2, 0.25) is 5.91 Å². The Balaban J connectivity index is 2.13. The number of amides is 1. The van der Waals surface area contributed by atoms with Gasteiger partial charge >= 0.3 is 6.18 Å². The second-order valence-electron chi connectivity index (χ2n) is 4.44. The molecule has 0 spiro atoms. The van der Waals surface area contributed by atoms with E-state index >= 15 is 0 Å². The van der Waals surface area contributed by atoms with Crippen LogP contribution in [0.5, 0.6) is 0 Å². The molecule has 0 aliphatic heterocycles. The number of nitrogens with one attached hydrogen (secondary N) is 1. The predicted molar refractivity (Wildman–Crippen MR) is 57.9 cm³/mol. The molecular formula is C11H18F3NO3. The first-order valence-corrected chi connectivity index (χ1v) is 6.00. The van der Waals surface area contributed by atoms with Gasteiger partial charge in [0.15, 0.2) is 0 Å². The van der Waals surface area contributed by atoms with Crippen molar-refractivity contribution in [3.05, 3.63) is 0 Å². The number of hydrogen-bond acceptors (Lipinski definition) is 3. The van der Waals surface area contributed by atoms with Gasteiger partial charge in [-0.05, 0) is 12.8 Å². The Bertz CT molecular complexity index is 271. The number of rotatable bonds is 5. The summed E-state index contributed by atoms with van der Waals surface area (Å²) in [6.45, 7) is -1.61. The number of halogens is 3. The van der Waals surface area contributed by atoms with E-state index in [-0.39, 0.29) is 25.0 Å². The highest BCUT2D eigenvalue weighted by molar-refractivity contribution is 5.76. The fourth-order valence-corrected chi connectivity index (χ4v) is 1.91. The third-order valence-electron chi connectivity index (χ3n) is 2.82. The summed E-state index contributed by atoms with van der Waals surface area (Å²) in [6, 6.07) is -0.283. The zero-order valence-electron chi connectivity index (χ0n) is 10.0. The van der Waals surface area contributed by atoms with Crippen LogP contribution in [0.25, 0.3) is 0 Å². The monoisotopic (exact) mass is 269 g/mol. The number of aliphatic hydroxyl groups excluding tert-OH is 1. The standard InChI is InChI=1S/C11H18F3NO3/c12-11(13,14)7-18-6-5-10(17)15-8-3-1-2-4-9(8)16/h8-9,16H,1-7H2,(H,15,17)/t8-,9-/m1/s1. The van der Waals surface area contributed by atoms with E-state index in [1.165, 1.54) is 0 Å². The van der Waals surface area contributed by atoms with E-state index in [1.54, 1.807) is 0 Å². The van der Waals surface area contributed by atoms with Crippen molar-refractivity contribution in [2.24, 2.45) is 0 Å². The van der Waals surface area contributed by atoms with E-state index in [4.69, 9.17) is 0 Å². The molecule has 1 amide bonds. The molecule has 0 unspecified atom stereocenters. The molecule has 0 heterocycles. The molecule has 7 heteroatoms. The molecule has 4 nitrogen and oxygen atoms in total. The van der Waals surface area contributed by atoms with Crippen LogP contribution in [0.2, 0.25) is 0 Å². The minimum absolute atomic E-state index is 0.126. The molecule has 0 radical (unpaired) electrons. The van der Waals surface area contributed by atoms with Crippen LogP contribution in [0.4, 0.5) is 13.2 Å². The average Bonchev–Trinajstić information content (AvgIpc) is 2.26.